The van der Waals surface area contributed by atoms with Gasteiger partial charge in [0, 0.05) is 5.41 Å². The molecular weight excluding hydrogens is 230 g/mol. The fourth-order valence-electron chi connectivity index (χ4n) is 1.13. The Balaban J connectivity index is 2.54. The second-order valence-corrected chi connectivity index (χ2v) is 4.95. The van der Waals surface area contributed by atoms with Crippen LogP contribution in [0.1, 0.15) is 26.3 Å². The SMILES string of the molecule is CON=Cc1ccc(OCC(=O)C(C)(C)C)cc1. The van der Waals surface area contributed by atoms with E-state index in [-0.39, 0.29) is 17.8 Å². The van der Waals surface area contributed by atoms with Gasteiger partial charge in [-0.3, -0.25) is 4.79 Å². The molecule has 0 aliphatic heterocycles. The molecule has 0 fully saturated rings. The molecule has 4 heteroatoms. The van der Waals surface area contributed by atoms with E-state index in [1.54, 1.807) is 18.3 Å². The van der Waals surface area contributed by atoms with E-state index in [9.17, 15) is 4.79 Å². The first-order chi connectivity index (χ1) is 8.43. The summed E-state index contributed by atoms with van der Waals surface area (Å²) in [5.41, 5.74) is 0.539. The molecule has 0 aliphatic carbocycles. The molecule has 98 valence electrons. The summed E-state index contributed by atoms with van der Waals surface area (Å²) in [6.45, 7) is 5.73. The molecule has 1 aromatic rings. The van der Waals surface area contributed by atoms with E-state index in [1.165, 1.54) is 7.11 Å². The summed E-state index contributed by atoms with van der Waals surface area (Å²) in [6, 6.07) is 7.29. The average molecular weight is 249 g/mol. The quantitative estimate of drug-likeness (QED) is 0.595. The van der Waals surface area contributed by atoms with Crippen molar-refractivity contribution in [3.05, 3.63) is 29.8 Å². The Morgan fingerprint density at radius 1 is 1.28 bits per heavy atom. The van der Waals surface area contributed by atoms with Gasteiger partial charge in [0.2, 0.25) is 0 Å². The van der Waals surface area contributed by atoms with Crippen LogP contribution in [-0.4, -0.2) is 25.7 Å². The summed E-state index contributed by atoms with van der Waals surface area (Å²) < 4.78 is 5.43. The van der Waals surface area contributed by atoms with Crippen LogP contribution in [0.4, 0.5) is 0 Å². The largest absolute Gasteiger partial charge is 0.486 e. The van der Waals surface area contributed by atoms with Crippen LogP contribution in [0.5, 0.6) is 5.75 Å². The van der Waals surface area contributed by atoms with Gasteiger partial charge in [0.15, 0.2) is 5.78 Å². The Bertz CT molecular complexity index is 416. The number of oxime groups is 1. The standard InChI is InChI=1S/C14H19NO3/c1-14(2,3)13(16)10-18-12-7-5-11(6-8-12)9-15-17-4/h5-9H,10H2,1-4H3. The third-order valence-electron chi connectivity index (χ3n) is 2.39. The van der Waals surface area contributed by atoms with Gasteiger partial charge in [0.05, 0.1) is 6.21 Å². The van der Waals surface area contributed by atoms with E-state index < -0.39 is 0 Å². The number of nitrogens with zero attached hydrogens (tertiary/aromatic N) is 1. The van der Waals surface area contributed by atoms with E-state index >= 15 is 0 Å². The molecule has 0 atom stereocenters. The number of ketones is 1. The number of benzene rings is 1. The van der Waals surface area contributed by atoms with Crippen LogP contribution < -0.4 is 4.74 Å². The molecule has 4 nitrogen and oxygen atoms in total. The minimum absolute atomic E-state index is 0.0764. The molecule has 0 aliphatic rings. The Labute approximate surface area is 108 Å². The summed E-state index contributed by atoms with van der Waals surface area (Å²) in [7, 11) is 1.49. The zero-order valence-corrected chi connectivity index (χ0v) is 11.3. The van der Waals surface area contributed by atoms with Crippen molar-refractivity contribution in [1.82, 2.24) is 0 Å². The average Bonchev–Trinajstić information content (AvgIpc) is 2.33. The van der Waals surface area contributed by atoms with Gasteiger partial charge in [-0.25, -0.2) is 0 Å². The molecule has 0 saturated carbocycles. The Morgan fingerprint density at radius 3 is 2.39 bits per heavy atom. The van der Waals surface area contributed by atoms with Crippen LogP contribution >= 0.6 is 0 Å². The van der Waals surface area contributed by atoms with Gasteiger partial charge in [0.25, 0.3) is 0 Å². The van der Waals surface area contributed by atoms with Gasteiger partial charge in [-0.05, 0) is 29.8 Å². The van der Waals surface area contributed by atoms with Crippen molar-refractivity contribution in [2.45, 2.75) is 20.8 Å². The number of carbonyl (C=O) groups excluding carboxylic acids is 1. The highest BCUT2D eigenvalue weighted by atomic mass is 16.6. The molecule has 1 rings (SSSR count). The maximum atomic E-state index is 11.7. The van der Waals surface area contributed by atoms with Gasteiger partial charge in [-0.15, -0.1) is 0 Å². The van der Waals surface area contributed by atoms with E-state index in [4.69, 9.17) is 4.74 Å². The third kappa shape index (κ3) is 4.57. The lowest BCUT2D eigenvalue weighted by Gasteiger charge is -2.16. The summed E-state index contributed by atoms with van der Waals surface area (Å²) in [4.78, 5) is 16.3. The van der Waals surface area contributed by atoms with Crippen LogP contribution in [0.3, 0.4) is 0 Å². The summed E-state index contributed by atoms with van der Waals surface area (Å²) >= 11 is 0. The van der Waals surface area contributed by atoms with Gasteiger partial charge >= 0.3 is 0 Å². The molecule has 0 aromatic heterocycles. The van der Waals surface area contributed by atoms with Crippen molar-refractivity contribution in [2.75, 3.05) is 13.7 Å². The molecule has 1 aromatic carbocycles. The summed E-state index contributed by atoms with van der Waals surface area (Å²) in [6.07, 6.45) is 1.60. The van der Waals surface area contributed by atoms with Crippen LogP contribution in [0.15, 0.2) is 29.4 Å². The van der Waals surface area contributed by atoms with E-state index in [2.05, 4.69) is 9.99 Å². The normalized spacial score (nSPS) is 11.6. The highest BCUT2D eigenvalue weighted by Crippen LogP contribution is 2.16. The first kappa shape index (κ1) is 14.2. The minimum atomic E-state index is -0.370. The van der Waals surface area contributed by atoms with Crippen LogP contribution in [0, 0.1) is 5.41 Å². The highest BCUT2D eigenvalue weighted by Gasteiger charge is 2.21. The Hall–Kier alpha value is -1.84. The second kappa shape index (κ2) is 6.19. The fourth-order valence-corrected chi connectivity index (χ4v) is 1.13. The molecule has 0 spiro atoms. The van der Waals surface area contributed by atoms with Crippen molar-refractivity contribution in [3.63, 3.8) is 0 Å². The number of rotatable bonds is 5. The highest BCUT2D eigenvalue weighted by molar-refractivity contribution is 5.85. The van der Waals surface area contributed by atoms with Crippen molar-refractivity contribution in [3.8, 4) is 5.75 Å². The van der Waals surface area contributed by atoms with E-state index in [0.29, 0.717) is 5.75 Å². The molecule has 0 amide bonds. The molecule has 0 saturated heterocycles. The van der Waals surface area contributed by atoms with E-state index in [1.807, 2.05) is 32.9 Å². The summed E-state index contributed by atoms with van der Waals surface area (Å²) in [5, 5.41) is 3.66. The molecule has 0 bridgehead atoms. The lowest BCUT2D eigenvalue weighted by Crippen LogP contribution is -2.26. The maximum Gasteiger partial charge on any atom is 0.175 e. The van der Waals surface area contributed by atoms with Crippen molar-refractivity contribution >= 4 is 12.0 Å². The number of hydrogen-bond acceptors (Lipinski definition) is 4. The van der Waals surface area contributed by atoms with Crippen molar-refractivity contribution < 1.29 is 14.4 Å². The predicted octanol–water partition coefficient (Wildman–Crippen LogP) is 2.66. The lowest BCUT2D eigenvalue weighted by molar-refractivity contribution is -0.128. The third-order valence-corrected chi connectivity index (χ3v) is 2.39. The number of Topliss-reactive ketones (excluding diaryl/α,β-unsaturated/α-hetero) is 1. The van der Waals surface area contributed by atoms with Crippen LogP contribution in [0.2, 0.25) is 0 Å². The van der Waals surface area contributed by atoms with Crippen molar-refractivity contribution in [2.24, 2.45) is 10.6 Å². The van der Waals surface area contributed by atoms with Gasteiger partial charge < -0.3 is 9.57 Å². The van der Waals surface area contributed by atoms with Crippen LogP contribution in [-0.2, 0) is 9.63 Å². The molecule has 0 N–H and O–H groups in total. The second-order valence-electron chi connectivity index (χ2n) is 4.95. The Kier molecular flexibility index (Phi) is 4.89. The number of carbonyl (C=O) groups is 1. The van der Waals surface area contributed by atoms with E-state index in [0.717, 1.165) is 5.56 Å². The summed E-state index contributed by atoms with van der Waals surface area (Å²) in [5.74, 6) is 0.745. The zero-order chi connectivity index (χ0) is 13.6. The van der Waals surface area contributed by atoms with Crippen LogP contribution in [0.25, 0.3) is 0 Å². The Morgan fingerprint density at radius 2 is 1.89 bits per heavy atom. The van der Waals surface area contributed by atoms with Gasteiger partial charge in [0.1, 0.15) is 19.5 Å². The lowest BCUT2D eigenvalue weighted by atomic mass is 9.91. The molecular formula is C14H19NO3. The molecule has 18 heavy (non-hydrogen) atoms. The molecule has 0 radical (unpaired) electrons. The first-order valence-corrected chi connectivity index (χ1v) is 5.76. The number of ether oxygens (including phenoxy) is 1. The predicted molar refractivity (Wildman–Crippen MR) is 71.0 cm³/mol. The van der Waals surface area contributed by atoms with Gasteiger partial charge in [-0.1, -0.05) is 25.9 Å². The first-order valence-electron chi connectivity index (χ1n) is 5.76. The smallest absolute Gasteiger partial charge is 0.175 e. The number of hydrogen-bond donors (Lipinski definition) is 0. The monoisotopic (exact) mass is 249 g/mol. The molecule has 0 unspecified atom stereocenters. The topological polar surface area (TPSA) is 47.9 Å². The van der Waals surface area contributed by atoms with Crippen molar-refractivity contribution in [1.29, 1.82) is 0 Å². The molecule has 0 heterocycles. The fraction of sp³-hybridized carbons (Fsp3) is 0.429. The zero-order valence-electron chi connectivity index (χ0n) is 11.3. The maximum absolute atomic E-state index is 11.7. The van der Waals surface area contributed by atoms with Gasteiger partial charge in [-0.2, -0.15) is 0 Å². The minimum Gasteiger partial charge on any atom is -0.486 e.